The summed E-state index contributed by atoms with van der Waals surface area (Å²) in [4.78, 5) is 0. The molecule has 1 atom stereocenters. The Morgan fingerprint density at radius 2 is 1.84 bits per heavy atom. The SMILES string of the molecule is IC1=CC(C2=CCCC=C2)=CC(c2ccccc2)C1. The highest BCUT2D eigenvalue weighted by atomic mass is 127. The summed E-state index contributed by atoms with van der Waals surface area (Å²) in [5.41, 5.74) is 4.20. The fourth-order valence-electron chi connectivity index (χ4n) is 2.68. The Kier molecular flexibility index (Phi) is 4.02. The predicted octanol–water partition coefficient (Wildman–Crippen LogP) is 5.70. The van der Waals surface area contributed by atoms with Gasteiger partial charge in [-0.2, -0.15) is 0 Å². The van der Waals surface area contributed by atoms with Crippen LogP contribution in [-0.2, 0) is 0 Å². The molecule has 0 fully saturated rings. The monoisotopic (exact) mass is 360 g/mol. The van der Waals surface area contributed by atoms with Crippen LogP contribution in [0.1, 0.15) is 30.7 Å². The van der Waals surface area contributed by atoms with E-state index in [1.54, 1.807) is 0 Å². The van der Waals surface area contributed by atoms with Crippen LogP contribution < -0.4 is 0 Å². The van der Waals surface area contributed by atoms with Gasteiger partial charge in [-0.25, -0.2) is 0 Å². The summed E-state index contributed by atoms with van der Waals surface area (Å²) in [5.74, 6) is 0.518. The van der Waals surface area contributed by atoms with Crippen LogP contribution in [0.3, 0.4) is 0 Å². The summed E-state index contributed by atoms with van der Waals surface area (Å²) in [6.07, 6.45) is 15.2. The van der Waals surface area contributed by atoms with Crippen molar-refractivity contribution in [1.29, 1.82) is 0 Å². The van der Waals surface area contributed by atoms with E-state index in [-0.39, 0.29) is 0 Å². The summed E-state index contributed by atoms with van der Waals surface area (Å²) in [6.45, 7) is 0. The molecule has 1 aromatic rings. The summed E-state index contributed by atoms with van der Waals surface area (Å²) in [5, 5.41) is 0. The van der Waals surface area contributed by atoms with E-state index in [2.05, 4.69) is 83.3 Å². The maximum atomic E-state index is 2.48. The molecule has 0 N–H and O–H groups in total. The van der Waals surface area contributed by atoms with E-state index < -0.39 is 0 Å². The third kappa shape index (κ3) is 3.08. The highest BCUT2D eigenvalue weighted by molar-refractivity contribution is 14.1. The van der Waals surface area contributed by atoms with Gasteiger partial charge in [0.1, 0.15) is 0 Å². The van der Waals surface area contributed by atoms with Crippen molar-refractivity contribution in [2.75, 3.05) is 0 Å². The average Bonchev–Trinajstić information content (AvgIpc) is 2.48. The minimum Gasteiger partial charge on any atom is -0.0836 e. The van der Waals surface area contributed by atoms with Gasteiger partial charge in [0.05, 0.1) is 0 Å². The van der Waals surface area contributed by atoms with E-state index >= 15 is 0 Å². The van der Waals surface area contributed by atoms with Gasteiger partial charge in [-0.15, -0.1) is 0 Å². The molecular formula is C18H17I. The molecule has 0 heterocycles. The zero-order valence-electron chi connectivity index (χ0n) is 10.9. The average molecular weight is 360 g/mol. The molecule has 0 saturated heterocycles. The van der Waals surface area contributed by atoms with Gasteiger partial charge in [-0.1, -0.05) is 54.6 Å². The van der Waals surface area contributed by atoms with Crippen LogP contribution in [0.15, 0.2) is 75.4 Å². The van der Waals surface area contributed by atoms with Crippen molar-refractivity contribution in [3.63, 3.8) is 0 Å². The number of rotatable bonds is 2. The minimum absolute atomic E-state index is 0.518. The Hall–Kier alpha value is -1.09. The lowest BCUT2D eigenvalue weighted by molar-refractivity contribution is 0.841. The molecule has 0 radical (unpaired) electrons. The van der Waals surface area contributed by atoms with Crippen LogP contribution in [0, 0.1) is 0 Å². The fourth-order valence-corrected chi connectivity index (χ4v) is 3.49. The molecule has 0 aromatic heterocycles. The zero-order chi connectivity index (χ0) is 13.1. The Morgan fingerprint density at radius 1 is 1.00 bits per heavy atom. The molecule has 19 heavy (non-hydrogen) atoms. The van der Waals surface area contributed by atoms with Gasteiger partial charge in [0, 0.05) is 5.92 Å². The number of benzene rings is 1. The van der Waals surface area contributed by atoms with E-state index in [1.807, 2.05) is 0 Å². The lowest BCUT2D eigenvalue weighted by Gasteiger charge is -2.21. The van der Waals surface area contributed by atoms with Gasteiger partial charge in [0.2, 0.25) is 0 Å². The first-order valence-corrected chi connectivity index (χ1v) is 7.91. The Morgan fingerprint density at radius 3 is 2.58 bits per heavy atom. The van der Waals surface area contributed by atoms with Crippen LogP contribution in [0.5, 0.6) is 0 Å². The first kappa shape index (κ1) is 12.9. The van der Waals surface area contributed by atoms with Crippen LogP contribution in [-0.4, -0.2) is 0 Å². The van der Waals surface area contributed by atoms with Crippen molar-refractivity contribution in [3.05, 3.63) is 81.0 Å². The smallest absolute Gasteiger partial charge is 0.00720 e. The molecule has 1 heteroatoms. The highest BCUT2D eigenvalue weighted by Crippen LogP contribution is 2.36. The normalized spacial score (nSPS) is 22.6. The van der Waals surface area contributed by atoms with Crippen LogP contribution in [0.4, 0.5) is 0 Å². The molecular weight excluding hydrogens is 343 g/mol. The Labute approximate surface area is 128 Å². The Balaban J connectivity index is 1.93. The fraction of sp³-hybridized carbons (Fsp3) is 0.222. The molecule has 0 spiro atoms. The standard InChI is InChI=1S/C18H17I/c19-18-12-16(14-7-3-1-4-8-14)11-17(13-18)15-9-5-2-6-10-15/h1,3-5,7-11,13,16H,2,6,12H2. The highest BCUT2D eigenvalue weighted by Gasteiger charge is 2.17. The van der Waals surface area contributed by atoms with Gasteiger partial charge >= 0.3 is 0 Å². The van der Waals surface area contributed by atoms with Crippen LogP contribution in [0.2, 0.25) is 0 Å². The van der Waals surface area contributed by atoms with Crippen molar-refractivity contribution in [2.24, 2.45) is 0 Å². The van der Waals surface area contributed by atoms with Gasteiger partial charge in [0.25, 0.3) is 0 Å². The number of hydrogen-bond acceptors (Lipinski definition) is 0. The predicted molar refractivity (Wildman–Crippen MR) is 90.4 cm³/mol. The lowest BCUT2D eigenvalue weighted by Crippen LogP contribution is -2.03. The molecule has 0 bridgehead atoms. The van der Waals surface area contributed by atoms with Crippen molar-refractivity contribution in [2.45, 2.75) is 25.2 Å². The van der Waals surface area contributed by atoms with Crippen LogP contribution in [0.25, 0.3) is 0 Å². The maximum absolute atomic E-state index is 2.48. The molecule has 0 nitrogen and oxygen atoms in total. The van der Waals surface area contributed by atoms with E-state index in [4.69, 9.17) is 0 Å². The third-order valence-electron chi connectivity index (χ3n) is 3.66. The first-order chi connectivity index (χ1) is 9.33. The van der Waals surface area contributed by atoms with Gasteiger partial charge in [-0.05, 0) is 68.2 Å². The van der Waals surface area contributed by atoms with Gasteiger partial charge in [-0.3, -0.25) is 0 Å². The summed E-state index contributed by atoms with van der Waals surface area (Å²) >= 11 is 2.48. The largest absolute Gasteiger partial charge is 0.0836 e. The van der Waals surface area contributed by atoms with E-state index in [1.165, 1.54) is 33.1 Å². The van der Waals surface area contributed by atoms with E-state index in [0.29, 0.717) is 5.92 Å². The minimum atomic E-state index is 0.518. The topological polar surface area (TPSA) is 0 Å². The molecule has 1 aromatic carbocycles. The number of allylic oxidation sites excluding steroid dienone is 8. The van der Waals surface area contributed by atoms with Crippen molar-refractivity contribution >= 4 is 22.6 Å². The molecule has 0 saturated carbocycles. The second-order valence-electron chi connectivity index (χ2n) is 5.07. The summed E-state index contributed by atoms with van der Waals surface area (Å²) in [6, 6.07) is 10.8. The summed E-state index contributed by atoms with van der Waals surface area (Å²) < 4.78 is 1.45. The summed E-state index contributed by atoms with van der Waals surface area (Å²) in [7, 11) is 0. The molecule has 1 unspecified atom stereocenters. The quantitative estimate of drug-likeness (QED) is 0.594. The molecule has 2 aliphatic rings. The van der Waals surface area contributed by atoms with E-state index in [9.17, 15) is 0 Å². The third-order valence-corrected chi connectivity index (χ3v) is 4.42. The Bertz CT molecular complexity index is 573. The molecule has 2 aliphatic carbocycles. The number of hydrogen-bond donors (Lipinski definition) is 0. The maximum Gasteiger partial charge on any atom is 0.00720 e. The van der Waals surface area contributed by atoms with Crippen molar-refractivity contribution in [3.8, 4) is 0 Å². The first-order valence-electron chi connectivity index (χ1n) is 6.83. The second kappa shape index (κ2) is 5.91. The van der Waals surface area contributed by atoms with Crippen molar-refractivity contribution < 1.29 is 0 Å². The lowest BCUT2D eigenvalue weighted by atomic mass is 9.86. The molecule has 0 amide bonds. The van der Waals surface area contributed by atoms with Crippen LogP contribution >= 0.6 is 22.6 Å². The number of halogens is 1. The molecule has 0 aliphatic heterocycles. The van der Waals surface area contributed by atoms with Gasteiger partial charge < -0.3 is 0 Å². The van der Waals surface area contributed by atoms with E-state index in [0.717, 1.165) is 6.42 Å². The second-order valence-corrected chi connectivity index (χ2v) is 6.46. The van der Waals surface area contributed by atoms with Gasteiger partial charge in [0.15, 0.2) is 0 Å². The molecule has 96 valence electrons. The molecule has 3 rings (SSSR count). The zero-order valence-corrected chi connectivity index (χ0v) is 13.0. The van der Waals surface area contributed by atoms with Crippen molar-refractivity contribution in [1.82, 2.24) is 0 Å².